The van der Waals surface area contributed by atoms with E-state index in [2.05, 4.69) is 37.4 Å². The molecule has 3 rings (SSSR count). The number of para-hydroxylation sites is 1. The maximum Gasteiger partial charge on any atom is 0.387 e. The van der Waals surface area contributed by atoms with Gasteiger partial charge in [0.05, 0.1) is 13.2 Å². The number of rotatable bonds is 9. The van der Waals surface area contributed by atoms with Crippen LogP contribution in [0.4, 0.5) is 8.78 Å². The third kappa shape index (κ3) is 6.55. The third-order valence-electron chi connectivity index (χ3n) is 5.40. The SMILES string of the molecule is CN=C(NCc1ccccc1OC(F)F)NCC(c1ccc(OC)cc1)N1CCCC1. The highest BCUT2D eigenvalue weighted by atomic mass is 19.3. The maximum absolute atomic E-state index is 12.6. The highest BCUT2D eigenvalue weighted by molar-refractivity contribution is 5.79. The lowest BCUT2D eigenvalue weighted by atomic mass is 10.1. The molecule has 1 unspecified atom stereocenters. The fraction of sp³-hybridized carbons (Fsp3) is 0.435. The zero-order chi connectivity index (χ0) is 22.1. The van der Waals surface area contributed by atoms with Crippen LogP contribution < -0.4 is 20.1 Å². The molecule has 8 heteroatoms. The predicted octanol–water partition coefficient (Wildman–Crippen LogP) is 3.80. The van der Waals surface area contributed by atoms with Crippen LogP contribution in [-0.4, -0.2) is 51.3 Å². The van der Waals surface area contributed by atoms with Crippen molar-refractivity contribution in [1.82, 2.24) is 15.5 Å². The number of alkyl halides is 2. The highest BCUT2D eigenvalue weighted by Crippen LogP contribution is 2.26. The Labute approximate surface area is 182 Å². The van der Waals surface area contributed by atoms with Gasteiger partial charge in [0.1, 0.15) is 11.5 Å². The first-order chi connectivity index (χ1) is 15.1. The number of aliphatic imine (C=N–C) groups is 1. The number of nitrogens with zero attached hydrogens (tertiary/aromatic N) is 2. The Kier molecular flexibility index (Phi) is 8.46. The lowest BCUT2D eigenvalue weighted by molar-refractivity contribution is -0.0504. The van der Waals surface area contributed by atoms with Gasteiger partial charge < -0.3 is 20.1 Å². The van der Waals surface area contributed by atoms with Gasteiger partial charge >= 0.3 is 6.61 Å². The molecule has 1 atom stereocenters. The quantitative estimate of drug-likeness (QED) is 0.466. The first-order valence-corrected chi connectivity index (χ1v) is 10.5. The van der Waals surface area contributed by atoms with Crippen LogP contribution in [0.5, 0.6) is 11.5 Å². The van der Waals surface area contributed by atoms with Crippen molar-refractivity contribution >= 4 is 5.96 Å². The smallest absolute Gasteiger partial charge is 0.387 e. The van der Waals surface area contributed by atoms with E-state index in [0.717, 1.165) is 18.8 Å². The van der Waals surface area contributed by atoms with Crippen LogP contribution in [0.15, 0.2) is 53.5 Å². The van der Waals surface area contributed by atoms with Gasteiger partial charge in [-0.25, -0.2) is 0 Å². The van der Waals surface area contributed by atoms with E-state index in [0.29, 0.717) is 24.6 Å². The summed E-state index contributed by atoms with van der Waals surface area (Å²) in [6.07, 6.45) is 2.39. The Morgan fingerprint density at radius 2 is 1.77 bits per heavy atom. The summed E-state index contributed by atoms with van der Waals surface area (Å²) in [6.45, 7) is 0.246. The summed E-state index contributed by atoms with van der Waals surface area (Å²) in [5.74, 6) is 1.59. The molecule has 0 aliphatic carbocycles. The molecular weight excluding hydrogens is 402 g/mol. The molecule has 2 N–H and O–H groups in total. The van der Waals surface area contributed by atoms with Gasteiger partial charge in [0.15, 0.2) is 5.96 Å². The molecule has 0 spiro atoms. The van der Waals surface area contributed by atoms with Crippen molar-refractivity contribution in [3.63, 3.8) is 0 Å². The molecular formula is C23H30F2N4O2. The number of guanidine groups is 1. The van der Waals surface area contributed by atoms with E-state index in [4.69, 9.17) is 4.74 Å². The zero-order valence-electron chi connectivity index (χ0n) is 18.0. The summed E-state index contributed by atoms with van der Waals surface area (Å²) < 4.78 is 35.2. The second-order valence-electron chi connectivity index (χ2n) is 7.32. The number of hydrogen-bond donors (Lipinski definition) is 2. The first-order valence-electron chi connectivity index (χ1n) is 10.5. The molecule has 1 aliphatic heterocycles. The van der Waals surface area contributed by atoms with Crippen LogP contribution in [0.3, 0.4) is 0 Å². The molecule has 0 aromatic heterocycles. The summed E-state index contributed by atoms with van der Waals surface area (Å²) >= 11 is 0. The molecule has 1 heterocycles. The van der Waals surface area contributed by atoms with Crippen molar-refractivity contribution in [1.29, 1.82) is 0 Å². The fourth-order valence-electron chi connectivity index (χ4n) is 3.79. The number of methoxy groups -OCH3 is 1. The minimum absolute atomic E-state index is 0.161. The highest BCUT2D eigenvalue weighted by Gasteiger charge is 2.23. The maximum atomic E-state index is 12.6. The molecule has 1 fully saturated rings. The van der Waals surface area contributed by atoms with Crippen molar-refractivity contribution in [3.05, 3.63) is 59.7 Å². The number of likely N-dealkylation sites (tertiary alicyclic amines) is 1. The fourth-order valence-corrected chi connectivity index (χ4v) is 3.79. The van der Waals surface area contributed by atoms with Gasteiger partial charge in [-0.1, -0.05) is 30.3 Å². The van der Waals surface area contributed by atoms with Crippen molar-refractivity contribution in [2.45, 2.75) is 32.0 Å². The standard InChI is InChI=1S/C23H30F2N4O2/c1-26-23(27-15-18-7-3-4-8-21(18)31-22(24)25)28-16-20(29-13-5-6-14-29)17-9-11-19(30-2)12-10-17/h3-4,7-12,20,22H,5-6,13-16H2,1-2H3,(H2,26,27,28). The minimum Gasteiger partial charge on any atom is -0.497 e. The number of ether oxygens (including phenoxy) is 2. The number of nitrogens with one attached hydrogen (secondary N) is 2. The van der Waals surface area contributed by atoms with Gasteiger partial charge in [-0.15, -0.1) is 0 Å². The summed E-state index contributed by atoms with van der Waals surface area (Å²) in [7, 11) is 3.35. The van der Waals surface area contributed by atoms with Gasteiger partial charge in [-0.2, -0.15) is 8.78 Å². The Morgan fingerprint density at radius 3 is 2.42 bits per heavy atom. The van der Waals surface area contributed by atoms with Crippen molar-refractivity contribution in [2.75, 3.05) is 33.8 Å². The normalized spacial score (nSPS) is 15.7. The monoisotopic (exact) mass is 432 g/mol. The van der Waals surface area contributed by atoms with Crippen LogP contribution in [0.2, 0.25) is 0 Å². The third-order valence-corrected chi connectivity index (χ3v) is 5.40. The van der Waals surface area contributed by atoms with E-state index in [1.54, 1.807) is 32.4 Å². The first kappa shape index (κ1) is 22.8. The molecule has 31 heavy (non-hydrogen) atoms. The van der Waals surface area contributed by atoms with E-state index < -0.39 is 6.61 Å². The van der Waals surface area contributed by atoms with Gasteiger partial charge in [0.25, 0.3) is 0 Å². The molecule has 0 bridgehead atoms. The number of benzene rings is 2. The summed E-state index contributed by atoms with van der Waals surface area (Å²) in [4.78, 5) is 6.75. The second kappa shape index (κ2) is 11.5. The van der Waals surface area contributed by atoms with Crippen LogP contribution in [0.25, 0.3) is 0 Å². The van der Waals surface area contributed by atoms with Crippen LogP contribution in [-0.2, 0) is 6.54 Å². The largest absolute Gasteiger partial charge is 0.497 e. The van der Waals surface area contributed by atoms with Crippen molar-refractivity contribution in [3.8, 4) is 11.5 Å². The molecule has 0 radical (unpaired) electrons. The number of halogens is 2. The van der Waals surface area contributed by atoms with E-state index in [-0.39, 0.29) is 11.8 Å². The minimum atomic E-state index is -2.86. The number of hydrogen-bond acceptors (Lipinski definition) is 4. The Balaban J connectivity index is 1.63. The van der Waals surface area contributed by atoms with Crippen LogP contribution in [0, 0.1) is 0 Å². The Bertz CT molecular complexity index is 840. The molecule has 6 nitrogen and oxygen atoms in total. The van der Waals surface area contributed by atoms with Crippen LogP contribution in [0.1, 0.15) is 30.0 Å². The van der Waals surface area contributed by atoms with E-state index >= 15 is 0 Å². The molecule has 0 amide bonds. The molecule has 0 saturated carbocycles. The lowest BCUT2D eigenvalue weighted by Crippen LogP contribution is -2.42. The lowest BCUT2D eigenvalue weighted by Gasteiger charge is -2.29. The molecule has 1 aliphatic rings. The average Bonchev–Trinajstić information content (AvgIpc) is 3.31. The van der Waals surface area contributed by atoms with Crippen molar-refractivity contribution in [2.24, 2.45) is 4.99 Å². The average molecular weight is 433 g/mol. The van der Waals surface area contributed by atoms with Crippen LogP contribution >= 0.6 is 0 Å². The van der Waals surface area contributed by atoms with Crippen molar-refractivity contribution < 1.29 is 18.3 Å². The van der Waals surface area contributed by atoms with E-state index in [9.17, 15) is 8.78 Å². The Morgan fingerprint density at radius 1 is 1.06 bits per heavy atom. The molecule has 2 aromatic rings. The van der Waals surface area contributed by atoms with Gasteiger partial charge in [-0.05, 0) is 49.7 Å². The molecule has 168 valence electrons. The molecule has 2 aromatic carbocycles. The summed E-state index contributed by atoms with van der Waals surface area (Å²) in [6, 6.07) is 15.1. The van der Waals surface area contributed by atoms with Gasteiger partial charge in [-0.3, -0.25) is 9.89 Å². The zero-order valence-corrected chi connectivity index (χ0v) is 18.0. The predicted molar refractivity (Wildman–Crippen MR) is 118 cm³/mol. The van der Waals surface area contributed by atoms with E-state index in [1.807, 2.05) is 12.1 Å². The topological polar surface area (TPSA) is 58.1 Å². The summed E-state index contributed by atoms with van der Waals surface area (Å²) in [5, 5.41) is 6.57. The van der Waals surface area contributed by atoms with E-state index in [1.165, 1.54) is 24.5 Å². The summed E-state index contributed by atoms with van der Waals surface area (Å²) in [5.41, 5.74) is 1.85. The van der Waals surface area contributed by atoms with Gasteiger partial charge in [0, 0.05) is 25.7 Å². The molecule has 1 saturated heterocycles. The second-order valence-corrected chi connectivity index (χ2v) is 7.32. The van der Waals surface area contributed by atoms with Gasteiger partial charge in [0.2, 0.25) is 0 Å². The Hall–Kier alpha value is -2.87.